The molecule has 0 aliphatic carbocycles. The molecule has 4 aromatic rings. The van der Waals surface area contributed by atoms with Crippen molar-refractivity contribution in [3.05, 3.63) is 59.7 Å². The first-order chi connectivity index (χ1) is 16.1. The zero-order chi connectivity index (χ0) is 23.0. The van der Waals surface area contributed by atoms with Gasteiger partial charge in [-0.2, -0.15) is 4.98 Å². The molecule has 0 unspecified atom stereocenters. The molecule has 0 bridgehead atoms. The standard InChI is InChI=1S/C21H18BrN7O4/c1-30-15-4-2-3-5-16(15)33-17-18(23)28-19(14-12-24-6-7-25-14)29-20(17)31-8-9-32-21-26-10-13(22)11-27-21/h2-7,10-12H,8-9H2,1H3,(H2,23,28,29). The van der Waals surface area contributed by atoms with Crippen molar-refractivity contribution < 1.29 is 18.9 Å². The highest BCUT2D eigenvalue weighted by molar-refractivity contribution is 9.10. The summed E-state index contributed by atoms with van der Waals surface area (Å²) in [7, 11) is 1.54. The average Bonchev–Trinajstić information content (AvgIpc) is 2.85. The number of halogens is 1. The van der Waals surface area contributed by atoms with Crippen LogP contribution < -0.4 is 24.7 Å². The first-order valence-electron chi connectivity index (χ1n) is 9.62. The fraction of sp³-hybridized carbons (Fsp3) is 0.143. The van der Waals surface area contributed by atoms with Gasteiger partial charge in [-0.25, -0.2) is 19.9 Å². The van der Waals surface area contributed by atoms with Gasteiger partial charge in [0.2, 0.25) is 5.75 Å². The molecule has 0 amide bonds. The van der Waals surface area contributed by atoms with E-state index in [1.54, 1.807) is 36.8 Å². The summed E-state index contributed by atoms with van der Waals surface area (Å²) in [4.78, 5) is 25.1. The monoisotopic (exact) mass is 511 g/mol. The SMILES string of the molecule is COc1ccccc1Oc1c(N)nc(-c2cnccn2)nc1OCCOc1ncc(Br)cn1. The Kier molecular flexibility index (Phi) is 7.05. The maximum absolute atomic E-state index is 6.21. The third-order valence-corrected chi connectivity index (χ3v) is 4.49. The number of rotatable bonds is 9. The van der Waals surface area contributed by atoms with Crippen LogP contribution >= 0.6 is 15.9 Å². The molecule has 33 heavy (non-hydrogen) atoms. The van der Waals surface area contributed by atoms with E-state index in [0.717, 1.165) is 4.47 Å². The molecule has 0 radical (unpaired) electrons. The Morgan fingerprint density at radius 1 is 0.909 bits per heavy atom. The van der Waals surface area contributed by atoms with E-state index in [0.29, 0.717) is 17.2 Å². The molecule has 3 aromatic heterocycles. The molecule has 2 N–H and O–H groups in total. The van der Waals surface area contributed by atoms with Crippen LogP contribution in [0.1, 0.15) is 0 Å². The summed E-state index contributed by atoms with van der Waals surface area (Å²) in [6, 6.07) is 7.33. The van der Waals surface area contributed by atoms with Gasteiger partial charge in [0.05, 0.1) is 17.8 Å². The number of nitrogens with two attached hydrogens (primary N) is 1. The fourth-order valence-corrected chi connectivity index (χ4v) is 2.83. The summed E-state index contributed by atoms with van der Waals surface area (Å²) >= 11 is 3.27. The van der Waals surface area contributed by atoms with Gasteiger partial charge >= 0.3 is 6.01 Å². The van der Waals surface area contributed by atoms with Crippen LogP contribution in [-0.2, 0) is 0 Å². The first-order valence-corrected chi connectivity index (χ1v) is 10.4. The van der Waals surface area contributed by atoms with Crippen molar-refractivity contribution >= 4 is 21.7 Å². The van der Waals surface area contributed by atoms with Crippen LogP contribution in [0.25, 0.3) is 11.5 Å². The quantitative estimate of drug-likeness (QED) is 0.330. The second-order valence-electron chi connectivity index (χ2n) is 6.29. The van der Waals surface area contributed by atoms with E-state index in [-0.39, 0.29) is 42.5 Å². The lowest BCUT2D eigenvalue weighted by atomic mass is 10.3. The minimum atomic E-state index is 0.0590. The molecule has 0 spiro atoms. The summed E-state index contributed by atoms with van der Waals surface area (Å²) in [5, 5.41) is 0. The number of nitrogen functional groups attached to an aromatic ring is 1. The topological polar surface area (TPSA) is 140 Å². The second kappa shape index (κ2) is 10.5. The number of benzene rings is 1. The van der Waals surface area contributed by atoms with E-state index in [1.165, 1.54) is 19.5 Å². The normalized spacial score (nSPS) is 10.5. The maximum Gasteiger partial charge on any atom is 0.316 e. The van der Waals surface area contributed by atoms with Gasteiger partial charge in [0, 0.05) is 24.8 Å². The zero-order valence-electron chi connectivity index (χ0n) is 17.4. The van der Waals surface area contributed by atoms with Crippen LogP contribution in [-0.4, -0.2) is 50.2 Å². The molecule has 0 saturated heterocycles. The zero-order valence-corrected chi connectivity index (χ0v) is 19.0. The average molecular weight is 512 g/mol. The van der Waals surface area contributed by atoms with E-state index in [2.05, 4.69) is 45.8 Å². The molecule has 0 aliphatic rings. The third kappa shape index (κ3) is 5.60. The molecule has 1 aromatic carbocycles. The van der Waals surface area contributed by atoms with Crippen LogP contribution in [0.15, 0.2) is 59.7 Å². The van der Waals surface area contributed by atoms with Crippen LogP contribution in [0.5, 0.6) is 29.1 Å². The molecular weight excluding hydrogens is 494 g/mol. The minimum Gasteiger partial charge on any atom is -0.493 e. The first kappa shape index (κ1) is 22.1. The number of nitrogens with zero attached hydrogens (tertiary/aromatic N) is 6. The number of hydrogen-bond donors (Lipinski definition) is 1. The van der Waals surface area contributed by atoms with E-state index in [4.69, 9.17) is 24.7 Å². The van der Waals surface area contributed by atoms with Gasteiger partial charge in [-0.15, -0.1) is 0 Å². The third-order valence-electron chi connectivity index (χ3n) is 4.08. The number of para-hydroxylation sites is 2. The highest BCUT2D eigenvalue weighted by atomic mass is 79.9. The van der Waals surface area contributed by atoms with Crippen LogP contribution in [0.2, 0.25) is 0 Å². The Morgan fingerprint density at radius 3 is 2.39 bits per heavy atom. The Morgan fingerprint density at radius 2 is 1.67 bits per heavy atom. The lowest BCUT2D eigenvalue weighted by Crippen LogP contribution is -2.13. The van der Waals surface area contributed by atoms with Gasteiger partial charge in [-0.05, 0) is 28.1 Å². The maximum atomic E-state index is 6.21. The van der Waals surface area contributed by atoms with Gasteiger partial charge in [-0.1, -0.05) is 12.1 Å². The van der Waals surface area contributed by atoms with Crippen molar-refractivity contribution in [2.45, 2.75) is 0 Å². The number of aromatic nitrogens is 6. The molecular formula is C21H18BrN7O4. The Labute approximate surface area is 197 Å². The van der Waals surface area contributed by atoms with Crippen molar-refractivity contribution in [1.82, 2.24) is 29.9 Å². The Bertz CT molecular complexity index is 1210. The summed E-state index contributed by atoms with van der Waals surface area (Å²) in [5.74, 6) is 1.47. The molecule has 0 fully saturated rings. The molecule has 4 rings (SSSR count). The predicted octanol–water partition coefficient (Wildman–Crippen LogP) is 3.33. The Hall–Kier alpha value is -4.06. The highest BCUT2D eigenvalue weighted by Gasteiger charge is 2.20. The van der Waals surface area contributed by atoms with E-state index in [1.807, 2.05) is 6.07 Å². The summed E-state index contributed by atoms with van der Waals surface area (Å²) in [6.45, 7) is 0.262. The predicted molar refractivity (Wildman–Crippen MR) is 121 cm³/mol. The van der Waals surface area contributed by atoms with Crippen molar-refractivity contribution in [1.29, 1.82) is 0 Å². The largest absolute Gasteiger partial charge is 0.493 e. The molecule has 0 atom stereocenters. The van der Waals surface area contributed by atoms with Crippen molar-refractivity contribution in [2.75, 3.05) is 26.1 Å². The summed E-state index contributed by atoms with van der Waals surface area (Å²) in [5.41, 5.74) is 6.64. The fourth-order valence-electron chi connectivity index (χ4n) is 2.63. The van der Waals surface area contributed by atoms with Crippen molar-refractivity contribution in [3.63, 3.8) is 0 Å². The van der Waals surface area contributed by atoms with E-state index in [9.17, 15) is 0 Å². The van der Waals surface area contributed by atoms with E-state index >= 15 is 0 Å². The number of hydrogen-bond acceptors (Lipinski definition) is 11. The lowest BCUT2D eigenvalue weighted by Gasteiger charge is -2.15. The molecule has 0 saturated carbocycles. The molecule has 12 heteroatoms. The molecule has 11 nitrogen and oxygen atoms in total. The van der Waals surface area contributed by atoms with Gasteiger partial charge in [0.25, 0.3) is 5.88 Å². The van der Waals surface area contributed by atoms with Crippen molar-refractivity contribution in [2.24, 2.45) is 0 Å². The summed E-state index contributed by atoms with van der Waals surface area (Å²) < 4.78 is 23.4. The van der Waals surface area contributed by atoms with Gasteiger partial charge in [-0.3, -0.25) is 4.98 Å². The van der Waals surface area contributed by atoms with Gasteiger partial charge in [0.15, 0.2) is 23.1 Å². The van der Waals surface area contributed by atoms with Crippen LogP contribution in [0.4, 0.5) is 5.82 Å². The Balaban J connectivity index is 1.58. The highest BCUT2D eigenvalue weighted by Crippen LogP contribution is 2.39. The minimum absolute atomic E-state index is 0.0590. The van der Waals surface area contributed by atoms with E-state index < -0.39 is 0 Å². The number of anilines is 1. The summed E-state index contributed by atoms with van der Waals surface area (Å²) in [6.07, 6.45) is 7.76. The number of methoxy groups -OCH3 is 1. The van der Waals surface area contributed by atoms with Crippen LogP contribution in [0, 0.1) is 0 Å². The second-order valence-corrected chi connectivity index (χ2v) is 7.21. The van der Waals surface area contributed by atoms with Crippen LogP contribution in [0.3, 0.4) is 0 Å². The molecule has 168 valence electrons. The molecule has 0 aliphatic heterocycles. The lowest BCUT2D eigenvalue weighted by molar-refractivity contribution is 0.197. The van der Waals surface area contributed by atoms with Crippen molar-refractivity contribution in [3.8, 4) is 40.7 Å². The molecule has 3 heterocycles. The smallest absolute Gasteiger partial charge is 0.316 e. The van der Waals surface area contributed by atoms with Gasteiger partial charge in [0.1, 0.15) is 18.9 Å². The van der Waals surface area contributed by atoms with Gasteiger partial charge < -0.3 is 24.7 Å². The number of ether oxygens (including phenoxy) is 4.